The lowest BCUT2D eigenvalue weighted by molar-refractivity contribution is 0.0676. The van der Waals surface area contributed by atoms with E-state index < -0.39 is 10.1 Å². The molecule has 3 aromatic rings. The number of carbonyl (C=O) groups excluding carboxylic acids is 1. The average molecular weight is 478 g/mol. The second-order valence-corrected chi connectivity index (χ2v) is 10.1. The van der Waals surface area contributed by atoms with Crippen LogP contribution in [0, 0.1) is 6.92 Å². The van der Waals surface area contributed by atoms with Crippen LogP contribution in [0.2, 0.25) is 5.02 Å². The van der Waals surface area contributed by atoms with Gasteiger partial charge >= 0.3 is 10.1 Å². The van der Waals surface area contributed by atoms with Crippen LogP contribution in [0.1, 0.15) is 41.1 Å². The third-order valence-corrected chi connectivity index (χ3v) is 7.73. The first kappa shape index (κ1) is 23.3. The van der Waals surface area contributed by atoms with Gasteiger partial charge in [0.2, 0.25) is 0 Å². The van der Waals surface area contributed by atoms with Gasteiger partial charge < -0.3 is 9.08 Å². The summed E-state index contributed by atoms with van der Waals surface area (Å²) >= 11 is 7.51. The minimum Gasteiger partial charge on any atom is -0.379 e. The number of halogens is 1. The highest BCUT2D eigenvalue weighted by molar-refractivity contribution is 7.87. The summed E-state index contributed by atoms with van der Waals surface area (Å²) in [4.78, 5) is 15.4. The summed E-state index contributed by atoms with van der Waals surface area (Å²) in [6.45, 7) is 6.03. The van der Waals surface area contributed by atoms with Crippen LogP contribution >= 0.6 is 22.9 Å². The number of benzene rings is 2. The van der Waals surface area contributed by atoms with E-state index >= 15 is 0 Å². The molecule has 2 aromatic carbocycles. The molecule has 0 saturated heterocycles. The first-order chi connectivity index (χ1) is 14.7. The average Bonchev–Trinajstić information content (AvgIpc) is 3.25. The van der Waals surface area contributed by atoms with Gasteiger partial charge in [-0.15, -0.1) is 11.3 Å². The van der Waals surface area contributed by atoms with Crippen molar-refractivity contribution < 1.29 is 17.4 Å². The fourth-order valence-electron chi connectivity index (χ4n) is 3.18. The Kier molecular flexibility index (Phi) is 7.41. The maximum atomic E-state index is 13.0. The van der Waals surface area contributed by atoms with E-state index in [-0.39, 0.29) is 27.6 Å². The van der Waals surface area contributed by atoms with E-state index in [1.165, 1.54) is 17.4 Å². The molecule has 0 aliphatic heterocycles. The van der Waals surface area contributed by atoms with Gasteiger partial charge in [0.05, 0.1) is 9.90 Å². The fourth-order valence-corrected chi connectivity index (χ4v) is 5.58. The molecule has 1 heterocycles. The molecule has 0 saturated carbocycles. The van der Waals surface area contributed by atoms with E-state index in [9.17, 15) is 13.2 Å². The van der Waals surface area contributed by atoms with Crippen molar-refractivity contribution in [1.29, 1.82) is 0 Å². The highest BCUT2D eigenvalue weighted by Crippen LogP contribution is 2.28. The molecule has 31 heavy (non-hydrogen) atoms. The van der Waals surface area contributed by atoms with Gasteiger partial charge in [0.1, 0.15) is 10.6 Å². The molecule has 0 spiro atoms. The predicted molar refractivity (Wildman–Crippen MR) is 124 cm³/mol. The van der Waals surface area contributed by atoms with Crippen molar-refractivity contribution in [3.05, 3.63) is 81.0 Å². The Labute approximate surface area is 192 Å². The zero-order valence-electron chi connectivity index (χ0n) is 17.5. The standard InChI is InChI=1S/C23H24ClNO4S2/c1-4-17(3)25(23(26)21-12-7-13-30-21)15-18-9-6-10-19(14-18)29-31(27,28)22-16(2)8-5-11-20(22)24/h5-14,17H,4,15H2,1-3H3/t17-/m1/s1. The van der Waals surface area contributed by atoms with Crippen molar-refractivity contribution in [3.63, 3.8) is 0 Å². The topological polar surface area (TPSA) is 63.7 Å². The molecule has 164 valence electrons. The summed E-state index contributed by atoms with van der Waals surface area (Å²) in [6.07, 6.45) is 0.799. The molecular formula is C23H24ClNO4S2. The van der Waals surface area contributed by atoms with Gasteiger partial charge in [-0.2, -0.15) is 8.42 Å². The SMILES string of the molecule is CC[C@@H](C)N(Cc1cccc(OS(=O)(=O)c2c(C)cccc2Cl)c1)C(=O)c1cccs1. The summed E-state index contributed by atoms with van der Waals surface area (Å²) < 4.78 is 31.0. The number of aryl methyl sites for hydroxylation is 1. The number of thiophene rings is 1. The minimum absolute atomic E-state index is 0.0219. The van der Waals surface area contributed by atoms with Crippen LogP contribution in [0.25, 0.3) is 0 Å². The number of hydrogen-bond donors (Lipinski definition) is 0. The molecule has 3 rings (SSSR count). The number of nitrogens with zero attached hydrogens (tertiary/aromatic N) is 1. The molecule has 1 aromatic heterocycles. The number of hydrogen-bond acceptors (Lipinski definition) is 5. The second kappa shape index (κ2) is 9.85. The first-order valence-electron chi connectivity index (χ1n) is 9.86. The Morgan fingerprint density at radius 3 is 2.55 bits per heavy atom. The lowest BCUT2D eigenvalue weighted by atomic mass is 10.1. The van der Waals surface area contributed by atoms with Crippen LogP contribution in [0.3, 0.4) is 0 Å². The molecule has 5 nitrogen and oxygen atoms in total. The van der Waals surface area contributed by atoms with Crippen molar-refractivity contribution in [2.45, 2.75) is 44.7 Å². The molecule has 0 N–H and O–H groups in total. The summed E-state index contributed by atoms with van der Waals surface area (Å²) in [5.74, 6) is 0.125. The Morgan fingerprint density at radius 2 is 1.90 bits per heavy atom. The first-order valence-corrected chi connectivity index (χ1v) is 12.5. The highest BCUT2D eigenvalue weighted by Gasteiger charge is 2.24. The molecule has 0 radical (unpaired) electrons. The minimum atomic E-state index is -4.10. The van der Waals surface area contributed by atoms with Gasteiger partial charge in [-0.25, -0.2) is 0 Å². The Balaban J connectivity index is 1.86. The van der Waals surface area contributed by atoms with Crippen molar-refractivity contribution in [2.24, 2.45) is 0 Å². The highest BCUT2D eigenvalue weighted by atomic mass is 35.5. The van der Waals surface area contributed by atoms with Gasteiger partial charge in [-0.3, -0.25) is 4.79 Å². The monoisotopic (exact) mass is 477 g/mol. The van der Waals surface area contributed by atoms with E-state index in [0.29, 0.717) is 17.0 Å². The van der Waals surface area contributed by atoms with Crippen LogP contribution < -0.4 is 4.18 Å². The van der Waals surface area contributed by atoms with Crippen LogP contribution in [-0.2, 0) is 16.7 Å². The summed E-state index contributed by atoms with van der Waals surface area (Å²) in [5.41, 5.74) is 1.28. The van der Waals surface area contributed by atoms with Crippen molar-refractivity contribution in [3.8, 4) is 5.75 Å². The van der Waals surface area contributed by atoms with E-state index in [0.717, 1.165) is 12.0 Å². The van der Waals surface area contributed by atoms with Crippen LogP contribution in [0.5, 0.6) is 5.75 Å². The third-order valence-electron chi connectivity index (χ3n) is 4.99. The van der Waals surface area contributed by atoms with Crippen molar-refractivity contribution >= 4 is 39.0 Å². The zero-order valence-corrected chi connectivity index (χ0v) is 19.9. The number of carbonyl (C=O) groups is 1. The lowest BCUT2D eigenvalue weighted by Crippen LogP contribution is -2.37. The largest absolute Gasteiger partial charge is 0.379 e. The molecule has 0 bridgehead atoms. The summed E-state index contributed by atoms with van der Waals surface area (Å²) in [6, 6.07) is 15.3. The maximum Gasteiger partial charge on any atom is 0.340 e. The lowest BCUT2D eigenvalue weighted by Gasteiger charge is -2.28. The molecular weight excluding hydrogens is 454 g/mol. The van der Waals surface area contributed by atoms with Gasteiger partial charge in [-0.1, -0.05) is 48.9 Å². The molecule has 1 atom stereocenters. The summed E-state index contributed by atoms with van der Waals surface area (Å²) in [7, 11) is -4.10. The number of amides is 1. The van der Waals surface area contributed by atoms with Crippen LogP contribution in [0.15, 0.2) is 64.9 Å². The van der Waals surface area contributed by atoms with Crippen molar-refractivity contribution in [1.82, 2.24) is 4.90 Å². The van der Waals surface area contributed by atoms with Crippen LogP contribution in [-0.4, -0.2) is 25.3 Å². The molecule has 8 heteroatoms. The molecule has 0 aliphatic rings. The van der Waals surface area contributed by atoms with Gasteiger partial charge in [0.15, 0.2) is 0 Å². The zero-order chi connectivity index (χ0) is 22.6. The quantitative estimate of drug-likeness (QED) is 0.378. The third kappa shape index (κ3) is 5.47. The molecule has 0 unspecified atom stereocenters. The number of rotatable bonds is 8. The molecule has 0 aliphatic carbocycles. The molecule has 1 amide bonds. The van der Waals surface area contributed by atoms with E-state index in [4.69, 9.17) is 15.8 Å². The van der Waals surface area contributed by atoms with Gasteiger partial charge in [0.25, 0.3) is 5.91 Å². The second-order valence-electron chi connectivity index (χ2n) is 7.24. The van der Waals surface area contributed by atoms with E-state index in [1.807, 2.05) is 31.4 Å². The Morgan fingerprint density at radius 1 is 1.16 bits per heavy atom. The van der Waals surface area contributed by atoms with Gasteiger partial charge in [0, 0.05) is 12.6 Å². The maximum absolute atomic E-state index is 13.0. The van der Waals surface area contributed by atoms with Gasteiger partial charge in [-0.05, 0) is 61.0 Å². The normalized spacial score (nSPS) is 12.4. The predicted octanol–water partition coefficient (Wildman–Crippen LogP) is 5.92. The van der Waals surface area contributed by atoms with Crippen LogP contribution in [0.4, 0.5) is 0 Å². The van der Waals surface area contributed by atoms with Crippen molar-refractivity contribution in [2.75, 3.05) is 0 Å². The van der Waals surface area contributed by atoms with E-state index in [2.05, 4.69) is 0 Å². The smallest absolute Gasteiger partial charge is 0.340 e. The summed E-state index contributed by atoms with van der Waals surface area (Å²) in [5, 5.41) is 1.98. The van der Waals surface area contributed by atoms with E-state index in [1.54, 1.807) is 48.2 Å². The molecule has 0 fully saturated rings. The Bertz CT molecular complexity index is 1140. The Hall–Kier alpha value is -2.35. The fraction of sp³-hybridized carbons (Fsp3) is 0.261.